The topological polar surface area (TPSA) is 38.5 Å². The monoisotopic (exact) mass is 136 g/mol. The van der Waals surface area contributed by atoms with Crippen LogP contribution in [0, 0.1) is 4.91 Å². The molecule has 4 nitrogen and oxygen atoms in total. The van der Waals surface area contributed by atoms with E-state index >= 15 is 0 Å². The maximum absolute atomic E-state index is 10.9. The van der Waals surface area contributed by atoms with Crippen molar-refractivity contribution in [2.24, 2.45) is 0 Å². The minimum atomic E-state index is -1.33. The smallest absolute Gasteiger partial charge is 1.00 e. The molecule has 0 aliphatic carbocycles. The molecule has 9 heavy (non-hydrogen) atoms. The van der Waals surface area contributed by atoms with Gasteiger partial charge in [-0.2, -0.15) is 18.5 Å². The molecule has 0 aromatic carbocycles. The molecule has 0 fully saturated rings. The molecule has 0 radical (unpaired) electrons. The Hall–Kier alpha value is -0.343. The summed E-state index contributed by atoms with van der Waals surface area (Å²) in [5, 5.41) is -0.639. The Labute approximate surface area is 63.3 Å². The first-order valence-corrected chi connectivity index (χ1v) is 1.66. The summed E-state index contributed by atoms with van der Waals surface area (Å²) in [4.78, 5) is 16.5. The van der Waals surface area contributed by atoms with E-state index in [0.29, 0.717) is 0 Å². The Morgan fingerprint density at radius 1 is 1.33 bits per heavy atom. The molecule has 0 bridgehead atoms. The quantitative estimate of drug-likeness (QED) is 0.319. The van der Waals surface area contributed by atoms with Crippen LogP contribution in [-0.2, 0) is 9.68 Å². The predicted octanol–water partition coefficient (Wildman–Crippen LogP) is -2.40. The second-order valence-electron chi connectivity index (χ2n) is 0.700. The molecule has 50 valence electrons. The van der Waals surface area contributed by atoms with E-state index in [1.54, 1.807) is 0 Å². The summed E-state index contributed by atoms with van der Waals surface area (Å²) in [6.45, 7) is -2.66. The van der Waals surface area contributed by atoms with Gasteiger partial charge in [-0.05, 0) is 0 Å². The molecule has 0 rings (SSSR count). The van der Waals surface area contributed by atoms with E-state index in [2.05, 4.69) is 9.68 Å². The average Bonchev–Trinajstić information content (AvgIpc) is 1.68. The molecule has 0 unspecified atom stereocenters. The molecule has 0 aliphatic rings. The van der Waals surface area contributed by atoms with Crippen LogP contribution < -0.4 is 18.9 Å². The Bertz CT molecular complexity index is 78.9. The number of alkyl halides is 2. The first-order chi connectivity index (χ1) is 3.81. The van der Waals surface area contributed by atoms with Gasteiger partial charge in [-0.3, -0.25) is 0 Å². The van der Waals surface area contributed by atoms with Crippen molar-refractivity contribution in [3.8, 4) is 0 Å². The molecule has 0 heterocycles. The Morgan fingerprint density at radius 3 is 1.89 bits per heavy atom. The van der Waals surface area contributed by atoms with Gasteiger partial charge in [0.25, 0.3) is 0 Å². The summed E-state index contributed by atoms with van der Waals surface area (Å²) in [7, 11) is 0. The summed E-state index contributed by atoms with van der Waals surface area (Å²) < 4.78 is 21.8. The molecule has 0 spiro atoms. The zero-order valence-electron chi connectivity index (χ0n) is 5.84. The third kappa shape index (κ3) is 7.66. The number of rotatable bonds is 4. The van der Waals surface area contributed by atoms with E-state index in [4.69, 9.17) is 0 Å². The van der Waals surface area contributed by atoms with Gasteiger partial charge in [0.05, 0.1) is 0 Å². The van der Waals surface area contributed by atoms with Crippen LogP contribution >= 0.6 is 0 Å². The van der Waals surface area contributed by atoms with E-state index in [1.807, 2.05) is 0 Å². The zero-order chi connectivity index (χ0) is 6.41. The fourth-order valence-corrected chi connectivity index (χ4v) is 0.117. The van der Waals surface area contributed by atoms with Crippen LogP contribution in [-0.4, -0.2) is 18.8 Å². The van der Waals surface area contributed by atoms with Crippen LogP contribution in [0.5, 0.6) is 0 Å². The number of hydrogen-bond acceptors (Lipinski definition) is 3. The maximum Gasteiger partial charge on any atom is 1.00 e. The summed E-state index contributed by atoms with van der Waals surface area (Å²) in [6.07, 6.45) is 0. The standard InChI is InChI=1S/C2H4F2NO3.Li.H/c3-1-7-5(6)8-2-4;;/h1-2H2;;/q2*+1;-1. The van der Waals surface area contributed by atoms with Crippen molar-refractivity contribution in [2.45, 2.75) is 0 Å². The van der Waals surface area contributed by atoms with E-state index in [9.17, 15) is 13.7 Å². The Morgan fingerprint density at radius 2 is 1.67 bits per heavy atom. The maximum atomic E-state index is 10.9. The summed E-state index contributed by atoms with van der Waals surface area (Å²) in [6, 6.07) is 0. The molecule has 7 heteroatoms. The molecule has 0 aromatic heterocycles. The summed E-state index contributed by atoms with van der Waals surface area (Å²) >= 11 is 0. The van der Waals surface area contributed by atoms with Crippen molar-refractivity contribution >= 4 is 0 Å². The summed E-state index contributed by atoms with van der Waals surface area (Å²) in [5.41, 5.74) is 0. The fraction of sp³-hybridized carbons (Fsp3) is 1.00. The Kier molecular flexibility index (Phi) is 9.74. The van der Waals surface area contributed by atoms with Gasteiger partial charge in [0, 0.05) is 0 Å². The van der Waals surface area contributed by atoms with Crippen LogP contribution in [0.2, 0.25) is 0 Å². The molecular weight excluding hydrogens is 131 g/mol. The van der Waals surface area contributed by atoms with Crippen LogP contribution in [0.25, 0.3) is 0 Å². The van der Waals surface area contributed by atoms with Crippen LogP contribution in [0.3, 0.4) is 0 Å². The molecule has 0 N–H and O–H groups in total. The fourth-order valence-electron chi connectivity index (χ4n) is 0.117. The molecular formula is C2H5F2LiNO3+. The molecule has 0 saturated heterocycles. The predicted molar refractivity (Wildman–Crippen MR) is 18.9 cm³/mol. The van der Waals surface area contributed by atoms with E-state index in [0.717, 1.165) is 0 Å². The van der Waals surface area contributed by atoms with Gasteiger partial charge in [0.2, 0.25) is 0 Å². The Balaban J connectivity index is -0.000000245. The van der Waals surface area contributed by atoms with Gasteiger partial charge in [0.1, 0.15) is 4.91 Å². The van der Waals surface area contributed by atoms with Crippen LogP contribution in [0.15, 0.2) is 0 Å². The van der Waals surface area contributed by atoms with Gasteiger partial charge in [-0.15, -0.1) is 0 Å². The zero-order valence-corrected chi connectivity index (χ0v) is 4.84. The minimum absolute atomic E-state index is 0. The molecule has 0 amide bonds. The number of halogens is 2. The largest absolute Gasteiger partial charge is 1.00 e. The molecule has 0 aliphatic heterocycles. The van der Waals surface area contributed by atoms with E-state index in [1.165, 1.54) is 0 Å². The van der Waals surface area contributed by atoms with Crippen molar-refractivity contribution in [3.05, 3.63) is 4.91 Å². The van der Waals surface area contributed by atoms with Crippen molar-refractivity contribution in [3.63, 3.8) is 0 Å². The van der Waals surface area contributed by atoms with E-state index in [-0.39, 0.29) is 20.3 Å². The summed E-state index contributed by atoms with van der Waals surface area (Å²) in [5.74, 6) is 0. The first-order valence-electron chi connectivity index (χ1n) is 1.66. The second kappa shape index (κ2) is 7.66. The number of hydrogen-bond donors (Lipinski definition) is 0. The SMILES string of the molecule is O=[N+](OCF)OCF.[H-].[Li+]. The first kappa shape index (κ1) is 11.5. The van der Waals surface area contributed by atoms with Gasteiger partial charge < -0.3 is 1.43 Å². The van der Waals surface area contributed by atoms with E-state index < -0.39 is 18.8 Å². The number of nitrogens with zero attached hydrogens (tertiary/aromatic N) is 1. The third-order valence-corrected chi connectivity index (χ3v) is 0.308. The van der Waals surface area contributed by atoms with Crippen molar-refractivity contribution in [1.82, 2.24) is 0 Å². The second-order valence-corrected chi connectivity index (χ2v) is 0.700. The van der Waals surface area contributed by atoms with Crippen molar-refractivity contribution in [1.29, 1.82) is 0 Å². The average molecular weight is 136 g/mol. The molecule has 0 atom stereocenters. The third-order valence-electron chi connectivity index (χ3n) is 0.308. The van der Waals surface area contributed by atoms with Gasteiger partial charge >= 0.3 is 37.7 Å². The van der Waals surface area contributed by atoms with Crippen molar-refractivity contribution < 1.29 is 43.8 Å². The van der Waals surface area contributed by atoms with Crippen molar-refractivity contribution in [2.75, 3.05) is 13.7 Å². The van der Waals surface area contributed by atoms with Gasteiger partial charge in [0.15, 0.2) is 0 Å². The molecule has 0 aromatic rings. The molecule has 0 saturated carbocycles. The van der Waals surface area contributed by atoms with Gasteiger partial charge in [-0.1, -0.05) is 0 Å². The normalized spacial score (nSPS) is 7.33. The van der Waals surface area contributed by atoms with Crippen LogP contribution in [0.4, 0.5) is 8.78 Å². The van der Waals surface area contributed by atoms with Crippen LogP contribution in [0.1, 0.15) is 1.43 Å². The van der Waals surface area contributed by atoms with Gasteiger partial charge in [-0.25, -0.2) is 0 Å². The minimum Gasteiger partial charge on any atom is -1.00 e.